The third kappa shape index (κ3) is 9.52. The second kappa shape index (κ2) is 16.4. The molecule has 4 aromatic rings. The zero-order valence-corrected chi connectivity index (χ0v) is 38.5. The monoisotopic (exact) mass is 902 g/mol. The van der Waals surface area contributed by atoms with Gasteiger partial charge in [-0.05, 0) is 0 Å². The molecule has 0 fully saturated rings. The van der Waals surface area contributed by atoms with E-state index in [1.165, 1.54) is 27.5 Å². The van der Waals surface area contributed by atoms with Gasteiger partial charge >= 0.3 is 333 Å². The maximum absolute atomic E-state index is 14.6. The molecular weight excluding hydrogens is 853 g/mol. The van der Waals surface area contributed by atoms with Crippen molar-refractivity contribution in [3.63, 3.8) is 0 Å². The van der Waals surface area contributed by atoms with E-state index < -0.39 is 44.7 Å². The third-order valence-electron chi connectivity index (χ3n) is 11.2. The molecule has 0 saturated heterocycles. The zero-order valence-electron chi connectivity index (χ0n) is 34.5. The number of hydrogen-bond acceptors (Lipinski definition) is 0. The zero-order chi connectivity index (χ0) is 40.6. The Balaban J connectivity index is 0.00000360. The molecule has 6 rings (SSSR count). The van der Waals surface area contributed by atoms with Crippen LogP contribution < -0.4 is 24.8 Å². The minimum atomic E-state index is -4.64. The van der Waals surface area contributed by atoms with Crippen molar-refractivity contribution in [1.82, 2.24) is 0 Å². The molecule has 0 aliphatic heterocycles. The maximum atomic E-state index is 14.6. The van der Waals surface area contributed by atoms with Crippen molar-refractivity contribution in [3.05, 3.63) is 150 Å². The predicted octanol–water partition coefficient (Wildman–Crippen LogP) is 8.43. The minimum Gasteiger partial charge on any atom is -1.00 e. The number of halogens is 8. The molecule has 2 aliphatic rings. The number of alkyl halides is 6. The molecule has 1 unspecified atom stereocenters. The number of fused-ring (bicyclic) bond motifs is 3. The fourth-order valence-corrected chi connectivity index (χ4v) is 17.9. The summed E-state index contributed by atoms with van der Waals surface area (Å²) in [6.45, 7) is 23.8. The molecule has 0 saturated carbocycles. The van der Waals surface area contributed by atoms with Crippen molar-refractivity contribution >= 4 is 3.21 Å². The Bertz CT molecular complexity index is 2110. The Morgan fingerprint density at radius 3 is 1.32 bits per heavy atom. The van der Waals surface area contributed by atoms with Gasteiger partial charge in [-0.1, -0.05) is 0 Å². The quantitative estimate of drug-likeness (QED) is 0.177. The van der Waals surface area contributed by atoms with Crippen LogP contribution in [0.5, 0.6) is 0 Å². The van der Waals surface area contributed by atoms with Gasteiger partial charge in [-0.15, -0.1) is 0 Å². The molecule has 0 aromatic heterocycles. The Hall–Kier alpha value is -2.73. The first-order chi connectivity index (χ1) is 25.3. The number of benzene rings is 4. The van der Waals surface area contributed by atoms with E-state index in [1.807, 2.05) is 0 Å². The molecule has 0 amide bonds. The van der Waals surface area contributed by atoms with Crippen LogP contribution in [0.4, 0.5) is 26.3 Å². The van der Waals surface area contributed by atoms with E-state index in [0.29, 0.717) is 14.3 Å². The molecule has 57 heavy (non-hydrogen) atoms. The number of hydrogen-bond donors (Lipinski definition) is 0. The average molecular weight is 905 g/mol. The van der Waals surface area contributed by atoms with Crippen LogP contribution in [0.25, 0.3) is 11.1 Å². The smallest absolute Gasteiger partial charge is 1.00 e. The van der Waals surface area contributed by atoms with Crippen LogP contribution in [0, 0.1) is 17.3 Å². The van der Waals surface area contributed by atoms with Gasteiger partial charge in [0.2, 0.25) is 0 Å². The van der Waals surface area contributed by atoms with Crippen LogP contribution in [0.1, 0.15) is 124 Å². The molecule has 2 aliphatic carbocycles. The van der Waals surface area contributed by atoms with Crippen LogP contribution in [0.15, 0.2) is 106 Å². The van der Waals surface area contributed by atoms with Gasteiger partial charge in [0.15, 0.2) is 0 Å². The first kappa shape index (κ1) is 47.0. The van der Waals surface area contributed by atoms with Crippen molar-refractivity contribution < 1.29 is 72.4 Å². The van der Waals surface area contributed by atoms with E-state index in [1.54, 1.807) is 12.1 Å². The molecule has 9 heteroatoms. The molecule has 0 nitrogen and oxygen atoms in total. The van der Waals surface area contributed by atoms with Gasteiger partial charge < -0.3 is 24.8 Å². The van der Waals surface area contributed by atoms with E-state index in [0.717, 1.165) is 51.1 Å². The van der Waals surface area contributed by atoms with Gasteiger partial charge in [-0.2, -0.15) is 0 Å². The summed E-state index contributed by atoms with van der Waals surface area (Å²) in [5.41, 5.74) is 6.26. The molecule has 0 bridgehead atoms. The van der Waals surface area contributed by atoms with Gasteiger partial charge in [0.25, 0.3) is 0 Å². The van der Waals surface area contributed by atoms with Crippen molar-refractivity contribution in [2.45, 2.75) is 103 Å². The molecule has 0 heterocycles. The van der Waals surface area contributed by atoms with Crippen LogP contribution in [0.2, 0.25) is 0 Å². The molecule has 4 aromatic carbocycles. The van der Waals surface area contributed by atoms with Crippen molar-refractivity contribution in [2.24, 2.45) is 17.3 Å². The third-order valence-corrected chi connectivity index (χ3v) is 19.6. The molecule has 0 radical (unpaired) electrons. The van der Waals surface area contributed by atoms with Gasteiger partial charge in [0.1, 0.15) is 0 Å². The second-order valence-corrected chi connectivity index (χ2v) is 24.8. The number of rotatable bonds is 5. The van der Waals surface area contributed by atoms with Gasteiger partial charge in [0.05, 0.1) is 0 Å². The molecule has 0 N–H and O–H groups in total. The summed E-state index contributed by atoms with van der Waals surface area (Å²) in [7, 11) is 0. The van der Waals surface area contributed by atoms with E-state index >= 15 is 0 Å². The van der Waals surface area contributed by atoms with E-state index in [4.69, 9.17) is 0 Å². The largest absolute Gasteiger partial charge is 1.00 e. The summed E-state index contributed by atoms with van der Waals surface area (Å²) in [5, 5.41) is 0. The Morgan fingerprint density at radius 2 is 0.965 bits per heavy atom. The van der Waals surface area contributed by atoms with Crippen molar-refractivity contribution in [2.75, 3.05) is 0 Å². The summed E-state index contributed by atoms with van der Waals surface area (Å²) in [5.74, 6) is 0.118. The Kier molecular flexibility index (Phi) is 13.5. The van der Waals surface area contributed by atoms with Crippen LogP contribution in [0.3, 0.4) is 0 Å². The van der Waals surface area contributed by atoms with Gasteiger partial charge in [-0.25, -0.2) is 0 Å². The fourth-order valence-electron chi connectivity index (χ4n) is 8.01. The normalized spacial score (nSPS) is 15.8. The SMILES string of the molecule is CC(C)C1C=C(C(C)(C)C)C=[C]1[Zr+2](=[C](c1cccc(C(F)(F)F)c1)c1cccc(C(F)(F)F)c1)[CH]1c2cc(C(C)(C)C)ccc2-c2ccc(C(C)(C)C)cc21.[Cl-].[Cl-]. The summed E-state index contributed by atoms with van der Waals surface area (Å²) in [6, 6.07) is 23.9. The average Bonchev–Trinajstić information content (AvgIpc) is 3.66. The van der Waals surface area contributed by atoms with Crippen molar-refractivity contribution in [3.8, 4) is 11.1 Å². The topological polar surface area (TPSA) is 0 Å². The molecule has 0 spiro atoms. The summed E-state index contributed by atoms with van der Waals surface area (Å²) in [6.07, 6.45) is -4.66. The minimum absolute atomic E-state index is 0. The number of allylic oxidation sites excluding steroid dienone is 4. The van der Waals surface area contributed by atoms with Gasteiger partial charge in [0, 0.05) is 0 Å². The summed E-state index contributed by atoms with van der Waals surface area (Å²) in [4.78, 5) is 0. The van der Waals surface area contributed by atoms with E-state index in [9.17, 15) is 26.3 Å². The summed E-state index contributed by atoms with van der Waals surface area (Å²) >= 11 is -3.86. The standard InChI is InChI=1S/C21H25.C15H8F6.C12H19.2ClH.Zr/c1-20(2,3)16-7-9-18-14(12-16)11-15-13-17(21(4,5)6)8-10-19(15)18;16-14(17,18)12-5-1-3-10(8-12)7-11-4-2-6-13(9-11)15(19,20)21;1-9(2)10-6-7-11(8-10)12(3,4)5;;;/h7-13H,1-6H3;1-6,8-9H;7-10H,1-5H3;2*1H;/q;;;;;+2/p-2. The van der Waals surface area contributed by atoms with Gasteiger partial charge in [-0.3, -0.25) is 0 Å². The van der Waals surface area contributed by atoms with Crippen LogP contribution in [-0.4, -0.2) is 3.21 Å². The van der Waals surface area contributed by atoms with E-state index in [2.05, 4.69) is 125 Å². The molecule has 304 valence electrons. The summed E-state index contributed by atoms with van der Waals surface area (Å²) < 4.78 is 88.9. The second-order valence-electron chi connectivity index (χ2n) is 18.7. The first-order valence-corrected chi connectivity index (χ1v) is 23.0. The Labute approximate surface area is 355 Å². The van der Waals surface area contributed by atoms with Crippen molar-refractivity contribution in [1.29, 1.82) is 0 Å². The van der Waals surface area contributed by atoms with E-state index in [-0.39, 0.29) is 56.5 Å². The van der Waals surface area contributed by atoms with Crippen LogP contribution >= 0.6 is 0 Å². The molecular formula is C48H52Cl2F6Zr. The maximum Gasteiger partial charge on any atom is -1.00 e. The predicted molar refractivity (Wildman–Crippen MR) is 211 cm³/mol. The molecule has 1 atom stereocenters. The van der Waals surface area contributed by atoms with Crippen LogP contribution in [-0.2, 0) is 44.4 Å². The first-order valence-electron chi connectivity index (χ1n) is 19.1. The fraction of sp³-hybridized carbons (Fsp3) is 0.396. The Morgan fingerprint density at radius 1 is 0.544 bits per heavy atom.